The van der Waals surface area contributed by atoms with Gasteiger partial charge in [-0.1, -0.05) is 0 Å². The van der Waals surface area contributed by atoms with Crippen molar-refractivity contribution in [3.63, 3.8) is 0 Å². The molecular weight excluding hydrogens is 322 g/mol. The fraction of sp³-hybridized carbons (Fsp3) is 0.389. The van der Waals surface area contributed by atoms with Crippen molar-refractivity contribution >= 4 is 11.9 Å². The first kappa shape index (κ1) is 17.2. The second-order valence-electron chi connectivity index (χ2n) is 5.73. The summed E-state index contributed by atoms with van der Waals surface area (Å²) in [6.45, 7) is 3.69. The third-order valence-corrected chi connectivity index (χ3v) is 3.97. The van der Waals surface area contributed by atoms with Crippen LogP contribution in [0.4, 0.5) is 5.95 Å². The Bertz CT molecular complexity index is 745. The van der Waals surface area contributed by atoms with E-state index in [9.17, 15) is 9.90 Å². The molecule has 2 N–H and O–H groups in total. The van der Waals surface area contributed by atoms with Crippen LogP contribution in [0.15, 0.2) is 30.5 Å². The number of anilines is 1. The molecule has 0 spiro atoms. The summed E-state index contributed by atoms with van der Waals surface area (Å²) >= 11 is 0. The Kier molecular flexibility index (Phi) is 5.45. The first-order valence-electron chi connectivity index (χ1n) is 8.36. The number of ether oxygens (including phenoxy) is 2. The first-order chi connectivity index (χ1) is 12.2. The van der Waals surface area contributed by atoms with Crippen molar-refractivity contribution in [1.82, 2.24) is 9.97 Å². The molecule has 1 aliphatic heterocycles. The van der Waals surface area contributed by atoms with Gasteiger partial charge in [0.2, 0.25) is 5.95 Å². The van der Waals surface area contributed by atoms with E-state index < -0.39 is 5.97 Å². The second kappa shape index (κ2) is 7.94. The molecule has 0 unspecified atom stereocenters. The predicted molar refractivity (Wildman–Crippen MR) is 93.1 cm³/mol. The lowest BCUT2D eigenvalue weighted by molar-refractivity contribution is 0.0692. The van der Waals surface area contributed by atoms with Gasteiger partial charge < -0.3 is 19.9 Å². The van der Waals surface area contributed by atoms with Crippen LogP contribution in [0.2, 0.25) is 0 Å². The number of benzene rings is 1. The van der Waals surface area contributed by atoms with Crippen molar-refractivity contribution in [2.45, 2.75) is 25.9 Å². The van der Waals surface area contributed by atoms with Crippen molar-refractivity contribution < 1.29 is 19.4 Å². The largest absolute Gasteiger partial charge is 0.493 e. The van der Waals surface area contributed by atoms with Gasteiger partial charge in [0.15, 0.2) is 0 Å². The van der Waals surface area contributed by atoms with Crippen LogP contribution >= 0.6 is 0 Å². The predicted octanol–water partition coefficient (Wildman–Crippen LogP) is 2.83. The zero-order valence-corrected chi connectivity index (χ0v) is 14.1. The molecule has 7 nitrogen and oxygen atoms in total. The van der Waals surface area contributed by atoms with Crippen molar-refractivity contribution in [1.29, 1.82) is 0 Å². The quantitative estimate of drug-likeness (QED) is 0.798. The number of aromatic nitrogens is 2. The number of nitrogens with zero attached hydrogens (tertiary/aromatic N) is 2. The summed E-state index contributed by atoms with van der Waals surface area (Å²) in [6, 6.07) is 6.77. The highest BCUT2D eigenvalue weighted by Crippen LogP contribution is 2.26. The summed E-state index contributed by atoms with van der Waals surface area (Å²) in [7, 11) is 0. The van der Waals surface area contributed by atoms with E-state index in [-0.39, 0.29) is 11.7 Å². The van der Waals surface area contributed by atoms with Gasteiger partial charge in [-0.25, -0.2) is 14.8 Å². The summed E-state index contributed by atoms with van der Waals surface area (Å²) in [5.41, 5.74) is 1.46. The van der Waals surface area contributed by atoms with E-state index in [1.165, 1.54) is 0 Å². The van der Waals surface area contributed by atoms with E-state index in [4.69, 9.17) is 9.47 Å². The Labute approximate surface area is 146 Å². The molecule has 1 atom stereocenters. The number of nitrogens with one attached hydrogen (secondary N) is 1. The van der Waals surface area contributed by atoms with Gasteiger partial charge >= 0.3 is 5.97 Å². The molecule has 3 rings (SSSR count). The number of hydrogen-bond acceptors (Lipinski definition) is 6. The van der Waals surface area contributed by atoms with Gasteiger partial charge in [0.1, 0.15) is 11.3 Å². The van der Waals surface area contributed by atoms with E-state index in [0.717, 1.165) is 19.4 Å². The van der Waals surface area contributed by atoms with Gasteiger partial charge in [-0.05, 0) is 44.0 Å². The average molecular weight is 343 g/mol. The van der Waals surface area contributed by atoms with Gasteiger partial charge in [-0.15, -0.1) is 0 Å². The Morgan fingerprint density at radius 3 is 3.04 bits per heavy atom. The molecule has 0 amide bonds. The fourth-order valence-electron chi connectivity index (χ4n) is 2.75. The summed E-state index contributed by atoms with van der Waals surface area (Å²) in [4.78, 5) is 20.1. The monoisotopic (exact) mass is 343 g/mol. The van der Waals surface area contributed by atoms with E-state index >= 15 is 0 Å². The molecule has 1 aromatic carbocycles. The Hall–Kier alpha value is -2.67. The first-order valence-corrected chi connectivity index (χ1v) is 8.36. The van der Waals surface area contributed by atoms with Gasteiger partial charge in [-0.2, -0.15) is 0 Å². The van der Waals surface area contributed by atoms with Crippen LogP contribution in [0.5, 0.6) is 5.75 Å². The highest BCUT2D eigenvalue weighted by Gasteiger charge is 2.16. The molecule has 0 radical (unpaired) electrons. The Morgan fingerprint density at radius 1 is 1.44 bits per heavy atom. The maximum atomic E-state index is 11.5. The molecule has 1 aromatic heterocycles. The fourth-order valence-corrected chi connectivity index (χ4v) is 2.75. The topological polar surface area (TPSA) is 93.6 Å². The maximum absolute atomic E-state index is 11.5. The molecule has 0 saturated carbocycles. The van der Waals surface area contributed by atoms with Crippen molar-refractivity contribution in [2.24, 2.45) is 0 Å². The minimum absolute atomic E-state index is 0.117. The molecule has 132 valence electrons. The zero-order valence-electron chi connectivity index (χ0n) is 14.1. The molecule has 2 aromatic rings. The van der Waals surface area contributed by atoms with Gasteiger partial charge in [-0.3, -0.25) is 0 Å². The third-order valence-electron chi connectivity index (χ3n) is 3.97. The SMILES string of the molecule is CCOc1ccc(-c2ccnc(NC[C@H]3CCCO3)n2)cc1C(=O)O. The van der Waals surface area contributed by atoms with Gasteiger partial charge in [0, 0.05) is 24.9 Å². The Morgan fingerprint density at radius 2 is 2.32 bits per heavy atom. The van der Waals surface area contributed by atoms with Gasteiger partial charge in [0.25, 0.3) is 0 Å². The number of hydrogen-bond donors (Lipinski definition) is 2. The van der Waals surface area contributed by atoms with Crippen LogP contribution < -0.4 is 10.1 Å². The zero-order chi connectivity index (χ0) is 17.6. The summed E-state index contributed by atoms with van der Waals surface area (Å²) < 4.78 is 10.9. The lowest BCUT2D eigenvalue weighted by atomic mass is 10.1. The molecule has 25 heavy (non-hydrogen) atoms. The van der Waals surface area contributed by atoms with Crippen molar-refractivity contribution in [2.75, 3.05) is 25.1 Å². The number of carboxylic acids is 1. The van der Waals surface area contributed by atoms with Crippen LogP contribution in [-0.2, 0) is 4.74 Å². The molecular formula is C18H21N3O4. The summed E-state index contributed by atoms with van der Waals surface area (Å²) in [6.07, 6.45) is 3.96. The molecule has 0 aliphatic carbocycles. The molecule has 0 bridgehead atoms. The molecule has 1 fully saturated rings. The molecule has 1 saturated heterocycles. The number of carboxylic acid groups (broad SMARTS) is 1. The van der Waals surface area contributed by atoms with E-state index in [2.05, 4.69) is 15.3 Å². The van der Waals surface area contributed by atoms with Crippen LogP contribution in [-0.4, -0.2) is 46.9 Å². The van der Waals surface area contributed by atoms with E-state index in [0.29, 0.717) is 36.1 Å². The number of rotatable bonds is 7. The minimum atomic E-state index is -1.03. The minimum Gasteiger partial charge on any atom is -0.493 e. The third kappa shape index (κ3) is 4.24. The molecule has 2 heterocycles. The standard InChI is InChI=1S/C18H21N3O4/c1-2-24-16-6-5-12(10-14(16)17(22)23)15-7-8-19-18(21-15)20-11-13-4-3-9-25-13/h5-8,10,13H,2-4,9,11H2,1H3,(H,22,23)(H,19,20,21)/t13-/m1/s1. The lowest BCUT2D eigenvalue weighted by Gasteiger charge is -2.12. The van der Waals surface area contributed by atoms with Crippen LogP contribution in [0.3, 0.4) is 0 Å². The lowest BCUT2D eigenvalue weighted by Crippen LogP contribution is -2.19. The number of carbonyl (C=O) groups is 1. The highest BCUT2D eigenvalue weighted by molar-refractivity contribution is 5.92. The Balaban J connectivity index is 1.79. The molecule has 7 heteroatoms. The number of aromatic carboxylic acids is 1. The maximum Gasteiger partial charge on any atom is 0.339 e. The van der Waals surface area contributed by atoms with Gasteiger partial charge in [0.05, 0.1) is 18.4 Å². The van der Waals surface area contributed by atoms with E-state index in [1.54, 1.807) is 30.5 Å². The second-order valence-corrected chi connectivity index (χ2v) is 5.73. The highest BCUT2D eigenvalue weighted by atomic mass is 16.5. The molecule has 1 aliphatic rings. The van der Waals surface area contributed by atoms with E-state index in [1.807, 2.05) is 6.92 Å². The normalized spacial score (nSPS) is 16.6. The summed E-state index contributed by atoms with van der Waals surface area (Å²) in [5.74, 6) is -0.181. The smallest absolute Gasteiger partial charge is 0.339 e. The van der Waals surface area contributed by atoms with Crippen LogP contribution in [0.25, 0.3) is 11.3 Å². The van der Waals surface area contributed by atoms with Crippen LogP contribution in [0, 0.1) is 0 Å². The van der Waals surface area contributed by atoms with Crippen LogP contribution in [0.1, 0.15) is 30.1 Å². The van der Waals surface area contributed by atoms with Crippen molar-refractivity contribution in [3.05, 3.63) is 36.0 Å². The summed E-state index contributed by atoms with van der Waals surface area (Å²) in [5, 5.41) is 12.6. The van der Waals surface area contributed by atoms with Crippen molar-refractivity contribution in [3.8, 4) is 17.0 Å². The average Bonchev–Trinajstić information content (AvgIpc) is 3.14.